The van der Waals surface area contributed by atoms with Gasteiger partial charge in [-0.1, -0.05) is 66.7 Å². The lowest BCUT2D eigenvalue weighted by Gasteiger charge is -2.22. The molecule has 37 heavy (non-hydrogen) atoms. The Labute approximate surface area is 219 Å². The summed E-state index contributed by atoms with van der Waals surface area (Å²) < 4.78 is 0. The average Bonchev–Trinajstić information content (AvgIpc) is 3.15. The summed E-state index contributed by atoms with van der Waals surface area (Å²) in [4.78, 5) is 17.8. The van der Waals surface area contributed by atoms with E-state index in [1.807, 2.05) is 66.7 Å². The Hall–Kier alpha value is -3.93. The normalized spacial score (nSPS) is 14.7. The molecule has 0 spiro atoms. The molecule has 4 aromatic carbocycles. The van der Waals surface area contributed by atoms with E-state index in [1.54, 1.807) is 12.1 Å². The van der Waals surface area contributed by atoms with Gasteiger partial charge in [-0.3, -0.25) is 14.6 Å². The van der Waals surface area contributed by atoms with Gasteiger partial charge in [0.05, 0.1) is 0 Å². The molecule has 5 heteroatoms. The molecule has 4 aromatic rings. The third-order valence-electron chi connectivity index (χ3n) is 6.87. The number of hydrogen-bond donors (Lipinski definition) is 2. The molecule has 0 aliphatic carbocycles. The first-order valence-electron chi connectivity index (χ1n) is 12.9. The van der Waals surface area contributed by atoms with Gasteiger partial charge in [0.2, 0.25) is 0 Å². The molecule has 0 atom stereocenters. The SMILES string of the molecule is O=C(Nc1cccc(CN2CCCN(Cc3ccc(O)cc3)CC2)c1)c1ccc(-c2ccccc2)cc1. The zero-order valence-electron chi connectivity index (χ0n) is 21.0. The lowest BCUT2D eigenvalue weighted by atomic mass is 10.0. The van der Waals surface area contributed by atoms with Crippen molar-refractivity contribution in [1.29, 1.82) is 0 Å². The Morgan fingerprint density at radius 2 is 1.32 bits per heavy atom. The number of hydrogen-bond acceptors (Lipinski definition) is 4. The highest BCUT2D eigenvalue weighted by Gasteiger charge is 2.16. The van der Waals surface area contributed by atoms with Gasteiger partial charge in [0, 0.05) is 37.4 Å². The van der Waals surface area contributed by atoms with Crippen LogP contribution in [0.1, 0.15) is 27.9 Å². The van der Waals surface area contributed by atoms with E-state index in [4.69, 9.17) is 0 Å². The van der Waals surface area contributed by atoms with Crippen LogP contribution in [-0.2, 0) is 13.1 Å². The number of anilines is 1. The molecule has 1 aliphatic heterocycles. The summed E-state index contributed by atoms with van der Waals surface area (Å²) >= 11 is 0. The molecule has 188 valence electrons. The Kier molecular flexibility index (Phi) is 7.94. The van der Waals surface area contributed by atoms with Crippen LogP contribution in [0.4, 0.5) is 5.69 Å². The molecule has 0 bridgehead atoms. The monoisotopic (exact) mass is 491 g/mol. The molecule has 0 aromatic heterocycles. The maximum atomic E-state index is 12.9. The highest BCUT2D eigenvalue weighted by molar-refractivity contribution is 6.04. The smallest absolute Gasteiger partial charge is 0.255 e. The van der Waals surface area contributed by atoms with Crippen molar-refractivity contribution >= 4 is 11.6 Å². The van der Waals surface area contributed by atoms with Gasteiger partial charge in [-0.15, -0.1) is 0 Å². The second kappa shape index (κ2) is 11.9. The molecule has 1 fully saturated rings. The van der Waals surface area contributed by atoms with Crippen molar-refractivity contribution in [2.45, 2.75) is 19.5 Å². The Morgan fingerprint density at radius 1 is 0.676 bits per heavy atom. The first kappa shape index (κ1) is 24.8. The van der Waals surface area contributed by atoms with E-state index in [9.17, 15) is 9.90 Å². The van der Waals surface area contributed by atoms with E-state index < -0.39 is 0 Å². The first-order chi connectivity index (χ1) is 18.1. The Bertz CT molecular complexity index is 1300. The number of phenolic OH excluding ortho intramolecular Hbond substituents is 1. The summed E-state index contributed by atoms with van der Waals surface area (Å²) in [6.07, 6.45) is 1.12. The van der Waals surface area contributed by atoms with E-state index in [0.29, 0.717) is 11.3 Å². The van der Waals surface area contributed by atoms with Crippen molar-refractivity contribution in [2.75, 3.05) is 31.5 Å². The van der Waals surface area contributed by atoms with Crippen LogP contribution in [0.5, 0.6) is 5.75 Å². The molecule has 2 N–H and O–H groups in total. The van der Waals surface area contributed by atoms with Gasteiger partial charge in [0.25, 0.3) is 5.91 Å². The maximum absolute atomic E-state index is 12.9. The Balaban J connectivity index is 1.15. The molecular weight excluding hydrogens is 458 g/mol. The summed E-state index contributed by atoms with van der Waals surface area (Å²) in [5, 5.41) is 12.6. The number of carbonyl (C=O) groups excluding carboxylic acids is 1. The summed E-state index contributed by atoms with van der Waals surface area (Å²) in [6, 6.07) is 33.6. The molecule has 0 radical (unpaired) electrons. The van der Waals surface area contributed by atoms with Crippen LogP contribution in [0, 0.1) is 0 Å². The van der Waals surface area contributed by atoms with Gasteiger partial charge in [-0.05, 0) is 78.2 Å². The van der Waals surface area contributed by atoms with Gasteiger partial charge in [0.1, 0.15) is 5.75 Å². The molecule has 0 unspecified atom stereocenters. The summed E-state index contributed by atoms with van der Waals surface area (Å²) in [5.41, 5.74) is 6.12. The predicted molar refractivity (Wildman–Crippen MR) is 150 cm³/mol. The van der Waals surface area contributed by atoms with Crippen LogP contribution in [0.15, 0.2) is 103 Å². The van der Waals surface area contributed by atoms with Crippen molar-refractivity contribution in [3.63, 3.8) is 0 Å². The predicted octanol–water partition coefficient (Wildman–Crippen LogP) is 6.02. The minimum atomic E-state index is -0.101. The number of carbonyl (C=O) groups is 1. The zero-order valence-corrected chi connectivity index (χ0v) is 21.0. The molecular formula is C32H33N3O2. The van der Waals surface area contributed by atoms with Crippen LogP contribution in [0.3, 0.4) is 0 Å². The Morgan fingerprint density at radius 3 is 2.03 bits per heavy atom. The number of nitrogens with zero attached hydrogens (tertiary/aromatic N) is 2. The van der Waals surface area contributed by atoms with E-state index in [2.05, 4.69) is 39.4 Å². The van der Waals surface area contributed by atoms with Gasteiger partial charge in [-0.2, -0.15) is 0 Å². The second-order valence-corrected chi connectivity index (χ2v) is 9.67. The highest BCUT2D eigenvalue weighted by atomic mass is 16.3. The minimum absolute atomic E-state index is 0.101. The van der Waals surface area contributed by atoms with Crippen molar-refractivity contribution in [1.82, 2.24) is 9.80 Å². The van der Waals surface area contributed by atoms with Crippen LogP contribution < -0.4 is 5.32 Å². The standard InChI is InChI=1S/C32H33N3O2/c36-31-16-10-25(11-17-31)23-34-18-5-19-35(21-20-34)24-26-6-4-9-30(22-26)33-32(37)29-14-12-28(13-15-29)27-7-2-1-3-8-27/h1-4,6-17,22,36H,5,18-21,23-24H2,(H,33,37). The number of rotatable bonds is 7. The average molecular weight is 492 g/mol. The quantitative estimate of drug-likeness (QED) is 0.332. The molecule has 1 saturated heterocycles. The first-order valence-corrected chi connectivity index (χ1v) is 12.9. The summed E-state index contributed by atoms with van der Waals surface area (Å²) in [7, 11) is 0. The van der Waals surface area contributed by atoms with Crippen LogP contribution in [-0.4, -0.2) is 47.0 Å². The highest BCUT2D eigenvalue weighted by Crippen LogP contribution is 2.21. The van der Waals surface area contributed by atoms with Crippen molar-refractivity contribution in [3.8, 4) is 16.9 Å². The topological polar surface area (TPSA) is 55.8 Å². The van der Waals surface area contributed by atoms with Crippen LogP contribution in [0.25, 0.3) is 11.1 Å². The number of aromatic hydroxyl groups is 1. The zero-order chi connectivity index (χ0) is 25.5. The van der Waals surface area contributed by atoms with Crippen molar-refractivity contribution in [2.24, 2.45) is 0 Å². The van der Waals surface area contributed by atoms with E-state index in [-0.39, 0.29) is 5.91 Å². The van der Waals surface area contributed by atoms with Gasteiger partial charge >= 0.3 is 0 Å². The minimum Gasteiger partial charge on any atom is -0.508 e. The van der Waals surface area contributed by atoms with E-state index in [0.717, 1.165) is 62.5 Å². The summed E-state index contributed by atoms with van der Waals surface area (Å²) in [6.45, 7) is 5.90. The molecule has 0 saturated carbocycles. The molecule has 5 rings (SSSR count). The van der Waals surface area contributed by atoms with Gasteiger partial charge in [-0.25, -0.2) is 0 Å². The fourth-order valence-corrected chi connectivity index (χ4v) is 4.85. The van der Waals surface area contributed by atoms with E-state index in [1.165, 1.54) is 11.1 Å². The molecule has 1 aliphatic rings. The maximum Gasteiger partial charge on any atom is 0.255 e. The molecule has 1 amide bonds. The summed E-state index contributed by atoms with van der Waals surface area (Å²) in [5.74, 6) is 0.210. The van der Waals surface area contributed by atoms with Crippen molar-refractivity contribution < 1.29 is 9.90 Å². The fourth-order valence-electron chi connectivity index (χ4n) is 4.85. The third kappa shape index (κ3) is 6.85. The number of benzene rings is 4. The lowest BCUT2D eigenvalue weighted by molar-refractivity contribution is 0.102. The second-order valence-electron chi connectivity index (χ2n) is 9.67. The largest absolute Gasteiger partial charge is 0.508 e. The number of amides is 1. The van der Waals surface area contributed by atoms with Gasteiger partial charge < -0.3 is 10.4 Å². The van der Waals surface area contributed by atoms with Gasteiger partial charge in [0.15, 0.2) is 0 Å². The van der Waals surface area contributed by atoms with E-state index >= 15 is 0 Å². The lowest BCUT2D eigenvalue weighted by Crippen LogP contribution is -2.30. The molecule has 5 nitrogen and oxygen atoms in total. The van der Waals surface area contributed by atoms with Crippen LogP contribution in [0.2, 0.25) is 0 Å². The third-order valence-corrected chi connectivity index (χ3v) is 6.87. The fraction of sp³-hybridized carbons (Fsp3) is 0.219. The number of phenols is 1. The molecule has 1 heterocycles. The number of nitrogens with one attached hydrogen (secondary N) is 1. The van der Waals surface area contributed by atoms with Crippen molar-refractivity contribution in [3.05, 3.63) is 120 Å². The van der Waals surface area contributed by atoms with Crippen LogP contribution >= 0.6 is 0 Å².